The summed E-state index contributed by atoms with van der Waals surface area (Å²) in [6.07, 6.45) is 2.95. The monoisotopic (exact) mass is 205 g/mol. The van der Waals surface area contributed by atoms with Gasteiger partial charge in [-0.05, 0) is 17.5 Å². The zero-order valence-electron chi connectivity index (χ0n) is 8.70. The first kappa shape index (κ1) is 9.90. The van der Waals surface area contributed by atoms with Gasteiger partial charge in [0.1, 0.15) is 12.1 Å². The molecule has 0 aliphatic carbocycles. The maximum Gasteiger partial charge on any atom is 0.228 e. The van der Waals surface area contributed by atoms with E-state index in [1.165, 1.54) is 12.5 Å². The highest BCUT2D eigenvalue weighted by molar-refractivity contribution is 5.55. The fourth-order valence-electron chi connectivity index (χ4n) is 1.52. The number of oxazole rings is 1. The van der Waals surface area contributed by atoms with Crippen molar-refractivity contribution in [3.63, 3.8) is 0 Å². The number of halogens is 1. The third-order valence-corrected chi connectivity index (χ3v) is 2.31. The summed E-state index contributed by atoms with van der Waals surface area (Å²) in [4.78, 5) is 3.94. The van der Waals surface area contributed by atoms with Crippen LogP contribution in [0.5, 0.6) is 0 Å². The number of benzene rings is 1. The van der Waals surface area contributed by atoms with E-state index in [1.54, 1.807) is 12.1 Å². The van der Waals surface area contributed by atoms with Gasteiger partial charge in [0.2, 0.25) is 5.89 Å². The number of nitrogens with zero attached hydrogens (tertiary/aromatic N) is 1. The van der Waals surface area contributed by atoms with Crippen molar-refractivity contribution >= 4 is 0 Å². The molecule has 0 bridgehead atoms. The van der Waals surface area contributed by atoms with Crippen molar-refractivity contribution in [2.75, 3.05) is 0 Å². The lowest BCUT2D eigenvalue weighted by atomic mass is 10.00. The first-order valence-electron chi connectivity index (χ1n) is 4.88. The number of hydrogen-bond donors (Lipinski definition) is 0. The Kier molecular flexibility index (Phi) is 2.54. The molecule has 2 nitrogen and oxygen atoms in total. The van der Waals surface area contributed by atoms with Crippen LogP contribution < -0.4 is 0 Å². The lowest BCUT2D eigenvalue weighted by Gasteiger charge is -2.08. The molecular weight excluding hydrogens is 193 g/mol. The minimum Gasteiger partial charge on any atom is -0.444 e. The Morgan fingerprint density at radius 1 is 1.33 bits per heavy atom. The summed E-state index contributed by atoms with van der Waals surface area (Å²) in [5.41, 5.74) is 1.11. The summed E-state index contributed by atoms with van der Waals surface area (Å²) in [6, 6.07) is 5.28. The minimum absolute atomic E-state index is 0.153. The van der Waals surface area contributed by atoms with Crippen LogP contribution in [0, 0.1) is 5.82 Å². The highest BCUT2D eigenvalue weighted by atomic mass is 19.1. The van der Waals surface area contributed by atoms with Gasteiger partial charge in [-0.15, -0.1) is 0 Å². The predicted octanol–water partition coefficient (Wildman–Crippen LogP) is 3.60. The van der Waals surface area contributed by atoms with Gasteiger partial charge in [0.25, 0.3) is 0 Å². The zero-order chi connectivity index (χ0) is 10.8. The van der Waals surface area contributed by atoms with Crippen LogP contribution >= 0.6 is 0 Å². The van der Waals surface area contributed by atoms with Crippen LogP contribution in [-0.4, -0.2) is 4.98 Å². The lowest BCUT2D eigenvalue weighted by Crippen LogP contribution is -1.95. The molecule has 0 N–H and O–H groups in total. The van der Waals surface area contributed by atoms with Gasteiger partial charge >= 0.3 is 0 Å². The molecule has 0 unspecified atom stereocenters. The van der Waals surface area contributed by atoms with E-state index in [9.17, 15) is 4.39 Å². The Balaban J connectivity index is 2.54. The standard InChI is InChI=1S/C12H12FNO/c1-8(2)9-4-3-5-10(11(9)13)12-14-6-7-15-12/h3-8H,1-2H3. The molecule has 2 rings (SSSR count). The molecule has 0 spiro atoms. The number of aromatic nitrogens is 1. The average molecular weight is 205 g/mol. The quantitative estimate of drug-likeness (QED) is 0.748. The molecule has 0 atom stereocenters. The summed E-state index contributed by atoms with van der Waals surface area (Å²) in [7, 11) is 0. The SMILES string of the molecule is CC(C)c1cccc(-c2ncco2)c1F. The summed E-state index contributed by atoms with van der Waals surface area (Å²) >= 11 is 0. The molecule has 78 valence electrons. The molecule has 2 aromatic rings. The molecular formula is C12H12FNO. The maximum absolute atomic E-state index is 14.0. The zero-order valence-corrected chi connectivity index (χ0v) is 8.70. The van der Waals surface area contributed by atoms with Crippen molar-refractivity contribution < 1.29 is 8.81 Å². The summed E-state index contributed by atoms with van der Waals surface area (Å²) < 4.78 is 19.1. The van der Waals surface area contributed by atoms with Crippen LogP contribution in [0.25, 0.3) is 11.5 Å². The van der Waals surface area contributed by atoms with Gasteiger partial charge in [-0.25, -0.2) is 9.37 Å². The van der Waals surface area contributed by atoms with Crippen molar-refractivity contribution in [1.29, 1.82) is 0 Å². The molecule has 0 saturated heterocycles. The molecule has 15 heavy (non-hydrogen) atoms. The van der Waals surface area contributed by atoms with Crippen LogP contribution in [-0.2, 0) is 0 Å². The van der Waals surface area contributed by atoms with E-state index < -0.39 is 0 Å². The van der Waals surface area contributed by atoms with Crippen LogP contribution in [0.2, 0.25) is 0 Å². The summed E-state index contributed by atoms with van der Waals surface area (Å²) in [5, 5.41) is 0. The van der Waals surface area contributed by atoms with Gasteiger partial charge in [-0.3, -0.25) is 0 Å². The summed E-state index contributed by atoms with van der Waals surface area (Å²) in [6.45, 7) is 3.91. The average Bonchev–Trinajstić information content (AvgIpc) is 2.70. The van der Waals surface area contributed by atoms with Gasteiger partial charge in [-0.2, -0.15) is 0 Å². The van der Waals surface area contributed by atoms with Gasteiger partial charge in [0.15, 0.2) is 0 Å². The molecule has 0 aliphatic heterocycles. The largest absolute Gasteiger partial charge is 0.444 e. The topological polar surface area (TPSA) is 26.0 Å². The van der Waals surface area contributed by atoms with E-state index in [-0.39, 0.29) is 11.7 Å². The second-order valence-corrected chi connectivity index (χ2v) is 3.70. The van der Waals surface area contributed by atoms with E-state index in [2.05, 4.69) is 4.98 Å². The third kappa shape index (κ3) is 1.77. The van der Waals surface area contributed by atoms with Crippen molar-refractivity contribution in [1.82, 2.24) is 4.98 Å². The third-order valence-electron chi connectivity index (χ3n) is 2.31. The number of hydrogen-bond acceptors (Lipinski definition) is 2. The highest BCUT2D eigenvalue weighted by Crippen LogP contribution is 2.27. The molecule has 1 aromatic carbocycles. The minimum atomic E-state index is -0.241. The normalized spacial score (nSPS) is 10.9. The first-order valence-corrected chi connectivity index (χ1v) is 4.88. The van der Waals surface area contributed by atoms with Crippen LogP contribution in [0.3, 0.4) is 0 Å². The van der Waals surface area contributed by atoms with Crippen molar-refractivity contribution in [3.05, 3.63) is 42.0 Å². The van der Waals surface area contributed by atoms with Crippen LogP contribution in [0.4, 0.5) is 4.39 Å². The Hall–Kier alpha value is -1.64. The van der Waals surface area contributed by atoms with E-state index >= 15 is 0 Å². The van der Waals surface area contributed by atoms with Gasteiger partial charge in [0.05, 0.1) is 11.8 Å². The highest BCUT2D eigenvalue weighted by Gasteiger charge is 2.14. The smallest absolute Gasteiger partial charge is 0.228 e. The first-order chi connectivity index (χ1) is 7.20. The Bertz CT molecular complexity index is 449. The second kappa shape index (κ2) is 3.85. The molecule has 0 aliphatic rings. The number of rotatable bonds is 2. The van der Waals surface area contributed by atoms with Crippen molar-refractivity contribution in [2.45, 2.75) is 19.8 Å². The van der Waals surface area contributed by atoms with Crippen LogP contribution in [0.1, 0.15) is 25.3 Å². The van der Waals surface area contributed by atoms with E-state index in [4.69, 9.17) is 4.42 Å². The van der Waals surface area contributed by atoms with Crippen molar-refractivity contribution in [2.24, 2.45) is 0 Å². The van der Waals surface area contributed by atoms with E-state index in [1.807, 2.05) is 19.9 Å². The molecule has 1 aromatic heterocycles. The van der Waals surface area contributed by atoms with Gasteiger partial charge in [-0.1, -0.05) is 26.0 Å². The Morgan fingerprint density at radius 2 is 2.13 bits per heavy atom. The molecule has 3 heteroatoms. The molecule has 0 fully saturated rings. The Labute approximate surface area is 87.8 Å². The lowest BCUT2D eigenvalue weighted by molar-refractivity contribution is 0.556. The molecule has 0 amide bonds. The fraction of sp³-hybridized carbons (Fsp3) is 0.250. The Morgan fingerprint density at radius 3 is 2.73 bits per heavy atom. The summed E-state index contributed by atoms with van der Waals surface area (Å²) in [5.74, 6) is 0.241. The fourth-order valence-corrected chi connectivity index (χ4v) is 1.52. The maximum atomic E-state index is 14.0. The second-order valence-electron chi connectivity index (χ2n) is 3.70. The van der Waals surface area contributed by atoms with E-state index in [0.717, 1.165) is 0 Å². The van der Waals surface area contributed by atoms with Crippen LogP contribution in [0.15, 0.2) is 35.1 Å². The molecule has 1 heterocycles. The predicted molar refractivity (Wildman–Crippen MR) is 56.0 cm³/mol. The van der Waals surface area contributed by atoms with Gasteiger partial charge in [0, 0.05) is 0 Å². The molecule has 0 radical (unpaired) electrons. The molecule has 0 saturated carbocycles. The van der Waals surface area contributed by atoms with Gasteiger partial charge < -0.3 is 4.42 Å². The van der Waals surface area contributed by atoms with Crippen molar-refractivity contribution in [3.8, 4) is 11.5 Å². The van der Waals surface area contributed by atoms with E-state index in [0.29, 0.717) is 17.0 Å².